The predicted molar refractivity (Wildman–Crippen MR) is 69.6 cm³/mol. The van der Waals surface area contributed by atoms with Crippen LogP contribution < -0.4 is 0 Å². The highest BCUT2D eigenvalue weighted by Crippen LogP contribution is 2.28. The number of carbonyl (C=O) groups is 1. The van der Waals surface area contributed by atoms with Crippen LogP contribution >= 0.6 is 0 Å². The Morgan fingerprint density at radius 2 is 2.17 bits per heavy atom. The molecule has 1 fully saturated rings. The van der Waals surface area contributed by atoms with E-state index in [0.717, 1.165) is 31.8 Å². The summed E-state index contributed by atoms with van der Waals surface area (Å²) in [7, 11) is 0. The number of carbonyl (C=O) groups excluding carboxylic acids is 1. The molecule has 1 aromatic heterocycles. The van der Waals surface area contributed by atoms with Crippen molar-refractivity contribution in [2.75, 3.05) is 13.1 Å². The van der Waals surface area contributed by atoms with Gasteiger partial charge in [0.15, 0.2) is 5.89 Å². The van der Waals surface area contributed by atoms with Gasteiger partial charge in [0.1, 0.15) is 11.5 Å². The fourth-order valence-corrected chi connectivity index (χ4v) is 2.50. The highest BCUT2D eigenvalue weighted by molar-refractivity contribution is 5.77. The molecule has 0 unspecified atom stereocenters. The number of likely N-dealkylation sites (tertiary alicyclic amines) is 1. The van der Waals surface area contributed by atoms with Gasteiger partial charge in [0, 0.05) is 12.0 Å². The third kappa shape index (κ3) is 3.19. The predicted octanol–water partition coefficient (Wildman–Crippen LogP) is 2.39. The van der Waals surface area contributed by atoms with E-state index in [9.17, 15) is 4.79 Å². The summed E-state index contributed by atoms with van der Waals surface area (Å²) in [5, 5.41) is 0. The first kappa shape index (κ1) is 13.3. The van der Waals surface area contributed by atoms with Crippen LogP contribution in [0.3, 0.4) is 0 Å². The molecular weight excluding hydrogens is 228 g/mol. The van der Waals surface area contributed by atoms with Crippen LogP contribution in [0.5, 0.6) is 0 Å². The molecule has 1 aromatic rings. The zero-order valence-electron chi connectivity index (χ0n) is 11.5. The van der Waals surface area contributed by atoms with Gasteiger partial charge in [-0.1, -0.05) is 0 Å². The van der Waals surface area contributed by atoms with E-state index >= 15 is 0 Å². The molecule has 1 aliphatic heterocycles. The molecule has 4 nitrogen and oxygen atoms in total. The largest absolute Gasteiger partial charge is 0.445 e. The molecule has 0 radical (unpaired) electrons. The Hall–Kier alpha value is -1.16. The van der Waals surface area contributed by atoms with Crippen LogP contribution in [0.1, 0.15) is 51.2 Å². The van der Waals surface area contributed by atoms with E-state index in [1.807, 2.05) is 0 Å². The molecule has 0 aromatic carbocycles. The molecule has 2 heterocycles. The third-order valence-corrected chi connectivity index (χ3v) is 3.60. The SMILES string of the molecule is CC(=O)Cc1cnc(C2CCN(C(C)C)CC2)o1. The second-order valence-corrected chi connectivity index (χ2v) is 5.45. The Morgan fingerprint density at radius 3 is 2.72 bits per heavy atom. The zero-order valence-corrected chi connectivity index (χ0v) is 11.5. The first-order chi connectivity index (χ1) is 8.56. The van der Waals surface area contributed by atoms with Gasteiger partial charge in [-0.25, -0.2) is 4.98 Å². The van der Waals surface area contributed by atoms with Crippen molar-refractivity contribution in [2.45, 2.75) is 52.0 Å². The van der Waals surface area contributed by atoms with Crippen LogP contribution in [0.2, 0.25) is 0 Å². The Morgan fingerprint density at radius 1 is 1.50 bits per heavy atom. The fourth-order valence-electron chi connectivity index (χ4n) is 2.50. The molecule has 0 saturated carbocycles. The maximum absolute atomic E-state index is 11.0. The molecular formula is C14H22N2O2. The minimum absolute atomic E-state index is 0.118. The van der Waals surface area contributed by atoms with E-state index in [1.54, 1.807) is 13.1 Å². The normalized spacial score (nSPS) is 18.4. The number of aromatic nitrogens is 1. The van der Waals surface area contributed by atoms with Gasteiger partial charge in [-0.2, -0.15) is 0 Å². The van der Waals surface area contributed by atoms with Crippen molar-refractivity contribution >= 4 is 5.78 Å². The summed E-state index contributed by atoms with van der Waals surface area (Å²) in [6.45, 7) is 8.25. The van der Waals surface area contributed by atoms with Crippen molar-refractivity contribution in [3.05, 3.63) is 17.8 Å². The van der Waals surface area contributed by atoms with Crippen molar-refractivity contribution in [3.63, 3.8) is 0 Å². The maximum atomic E-state index is 11.0. The number of rotatable bonds is 4. The summed E-state index contributed by atoms with van der Waals surface area (Å²) in [5.41, 5.74) is 0. The average molecular weight is 250 g/mol. The smallest absolute Gasteiger partial charge is 0.197 e. The van der Waals surface area contributed by atoms with Gasteiger partial charge in [-0.3, -0.25) is 4.79 Å². The van der Waals surface area contributed by atoms with E-state index in [0.29, 0.717) is 24.1 Å². The van der Waals surface area contributed by atoms with E-state index in [-0.39, 0.29) is 5.78 Å². The van der Waals surface area contributed by atoms with Crippen LogP contribution in [-0.2, 0) is 11.2 Å². The number of ketones is 1. The number of Topliss-reactive ketones (excluding diaryl/α,β-unsaturated/α-hetero) is 1. The monoisotopic (exact) mass is 250 g/mol. The van der Waals surface area contributed by atoms with E-state index < -0.39 is 0 Å². The average Bonchev–Trinajstić information content (AvgIpc) is 2.76. The van der Waals surface area contributed by atoms with Crippen LogP contribution in [0.25, 0.3) is 0 Å². The third-order valence-electron chi connectivity index (χ3n) is 3.60. The Bertz CT molecular complexity index is 404. The number of hydrogen-bond donors (Lipinski definition) is 0. The quantitative estimate of drug-likeness (QED) is 0.823. The van der Waals surface area contributed by atoms with E-state index in [2.05, 4.69) is 23.7 Å². The molecule has 4 heteroatoms. The van der Waals surface area contributed by atoms with Gasteiger partial charge in [0.05, 0.1) is 12.6 Å². The Labute approximate surface area is 108 Å². The van der Waals surface area contributed by atoms with Gasteiger partial charge < -0.3 is 9.32 Å². The van der Waals surface area contributed by atoms with Crippen molar-refractivity contribution < 1.29 is 9.21 Å². The molecule has 1 aliphatic rings. The van der Waals surface area contributed by atoms with Crippen molar-refractivity contribution in [1.29, 1.82) is 0 Å². The molecule has 0 amide bonds. The first-order valence-corrected chi connectivity index (χ1v) is 6.74. The number of nitrogens with zero attached hydrogens (tertiary/aromatic N) is 2. The fraction of sp³-hybridized carbons (Fsp3) is 0.714. The lowest BCUT2D eigenvalue weighted by molar-refractivity contribution is -0.116. The molecule has 0 N–H and O–H groups in total. The highest BCUT2D eigenvalue weighted by Gasteiger charge is 2.25. The number of hydrogen-bond acceptors (Lipinski definition) is 4. The maximum Gasteiger partial charge on any atom is 0.197 e. The van der Waals surface area contributed by atoms with Gasteiger partial charge in [0.2, 0.25) is 0 Å². The highest BCUT2D eigenvalue weighted by atomic mass is 16.4. The molecule has 18 heavy (non-hydrogen) atoms. The lowest BCUT2D eigenvalue weighted by atomic mass is 9.96. The molecule has 2 rings (SSSR count). The minimum Gasteiger partial charge on any atom is -0.445 e. The molecule has 1 saturated heterocycles. The number of piperidine rings is 1. The Balaban J connectivity index is 1.93. The van der Waals surface area contributed by atoms with Crippen LogP contribution in [-0.4, -0.2) is 34.8 Å². The minimum atomic E-state index is 0.118. The van der Waals surface area contributed by atoms with Crippen LogP contribution in [0.15, 0.2) is 10.6 Å². The Kier molecular flexibility index (Phi) is 4.17. The summed E-state index contributed by atoms with van der Waals surface area (Å²) in [6.07, 6.45) is 4.25. The number of oxazole rings is 1. The van der Waals surface area contributed by atoms with Crippen molar-refractivity contribution in [3.8, 4) is 0 Å². The van der Waals surface area contributed by atoms with Crippen LogP contribution in [0.4, 0.5) is 0 Å². The topological polar surface area (TPSA) is 46.3 Å². The van der Waals surface area contributed by atoms with E-state index in [4.69, 9.17) is 4.42 Å². The molecule has 0 aliphatic carbocycles. The first-order valence-electron chi connectivity index (χ1n) is 6.74. The molecule has 0 spiro atoms. The van der Waals surface area contributed by atoms with Gasteiger partial charge >= 0.3 is 0 Å². The van der Waals surface area contributed by atoms with Crippen molar-refractivity contribution in [1.82, 2.24) is 9.88 Å². The second kappa shape index (κ2) is 5.65. The lowest BCUT2D eigenvalue weighted by Crippen LogP contribution is -2.37. The summed E-state index contributed by atoms with van der Waals surface area (Å²) in [4.78, 5) is 17.8. The van der Waals surface area contributed by atoms with Crippen LogP contribution in [0, 0.1) is 0 Å². The molecule has 0 atom stereocenters. The van der Waals surface area contributed by atoms with E-state index in [1.165, 1.54) is 0 Å². The summed E-state index contributed by atoms with van der Waals surface area (Å²) < 4.78 is 5.68. The van der Waals surface area contributed by atoms with Crippen molar-refractivity contribution in [2.24, 2.45) is 0 Å². The lowest BCUT2D eigenvalue weighted by Gasteiger charge is -2.33. The molecule has 0 bridgehead atoms. The zero-order chi connectivity index (χ0) is 13.1. The summed E-state index contributed by atoms with van der Waals surface area (Å²) >= 11 is 0. The van der Waals surface area contributed by atoms with Gasteiger partial charge in [-0.05, 0) is 46.7 Å². The molecule has 100 valence electrons. The van der Waals surface area contributed by atoms with Gasteiger partial charge in [-0.15, -0.1) is 0 Å². The summed E-state index contributed by atoms with van der Waals surface area (Å²) in [6, 6.07) is 0.615. The summed E-state index contributed by atoms with van der Waals surface area (Å²) in [5.74, 6) is 2.05. The van der Waals surface area contributed by atoms with Gasteiger partial charge in [0.25, 0.3) is 0 Å². The standard InChI is InChI=1S/C14H22N2O2/c1-10(2)16-6-4-12(5-7-16)14-15-9-13(18-14)8-11(3)17/h9-10,12H,4-8H2,1-3H3. The second-order valence-electron chi connectivity index (χ2n) is 5.45.